The van der Waals surface area contributed by atoms with Crippen LogP contribution in [0, 0.1) is 0 Å². The molecule has 0 saturated carbocycles. The zero-order valence-electron chi connectivity index (χ0n) is 13.8. The highest BCUT2D eigenvalue weighted by molar-refractivity contribution is 7.89. The Bertz CT molecular complexity index is 701. The minimum absolute atomic E-state index is 0.123. The molecule has 1 aromatic rings. The van der Waals surface area contributed by atoms with E-state index in [0.717, 1.165) is 6.54 Å². The lowest BCUT2D eigenvalue weighted by Crippen LogP contribution is -2.51. The average molecular weight is 353 g/mol. The number of nitrogens with one attached hydrogen (secondary N) is 1. The van der Waals surface area contributed by atoms with Crippen molar-refractivity contribution in [3.8, 4) is 0 Å². The molecule has 2 aliphatic heterocycles. The van der Waals surface area contributed by atoms with Gasteiger partial charge in [0, 0.05) is 44.3 Å². The van der Waals surface area contributed by atoms with Crippen molar-refractivity contribution in [2.75, 3.05) is 45.9 Å². The Morgan fingerprint density at radius 2 is 2.00 bits per heavy atom. The van der Waals surface area contributed by atoms with Gasteiger partial charge in [-0.05, 0) is 25.1 Å². The molecule has 0 radical (unpaired) electrons. The number of piperazine rings is 1. The Balaban J connectivity index is 1.82. The minimum atomic E-state index is -3.59. The van der Waals surface area contributed by atoms with Crippen LogP contribution in [0.5, 0.6) is 0 Å². The number of sulfonamides is 1. The predicted octanol–water partition coefficient (Wildman–Crippen LogP) is 0.141. The SMILES string of the molecule is C[C@H]1CN(C(=O)c2cccc(S(=O)(=O)N3CCOCC3)c2)CCN1. The normalized spacial score (nSPS) is 23.2. The maximum atomic E-state index is 12.7. The number of carbonyl (C=O) groups excluding carboxylic acids is 1. The molecule has 0 aromatic heterocycles. The minimum Gasteiger partial charge on any atom is -0.379 e. The summed E-state index contributed by atoms with van der Waals surface area (Å²) in [6.07, 6.45) is 0. The molecule has 24 heavy (non-hydrogen) atoms. The summed E-state index contributed by atoms with van der Waals surface area (Å²) in [7, 11) is -3.59. The number of benzene rings is 1. The van der Waals surface area contributed by atoms with Crippen molar-refractivity contribution >= 4 is 15.9 Å². The van der Waals surface area contributed by atoms with Crippen LogP contribution >= 0.6 is 0 Å². The summed E-state index contributed by atoms with van der Waals surface area (Å²) in [5.74, 6) is -0.123. The number of nitrogens with zero attached hydrogens (tertiary/aromatic N) is 2. The van der Waals surface area contributed by atoms with Crippen molar-refractivity contribution in [1.82, 2.24) is 14.5 Å². The standard InChI is InChI=1S/C16H23N3O4S/c1-13-12-18(6-5-17-13)16(20)14-3-2-4-15(11-14)24(21,22)19-7-9-23-10-8-19/h2-4,11,13,17H,5-10,12H2,1H3/t13-/m0/s1. The fourth-order valence-corrected chi connectivity index (χ4v) is 4.48. The number of rotatable bonds is 3. The Morgan fingerprint density at radius 1 is 1.25 bits per heavy atom. The lowest BCUT2D eigenvalue weighted by atomic mass is 10.1. The first kappa shape index (κ1) is 17.3. The van der Waals surface area contributed by atoms with Crippen molar-refractivity contribution in [2.24, 2.45) is 0 Å². The molecule has 1 atom stereocenters. The van der Waals surface area contributed by atoms with E-state index in [4.69, 9.17) is 4.74 Å². The summed E-state index contributed by atoms with van der Waals surface area (Å²) in [4.78, 5) is 14.6. The summed E-state index contributed by atoms with van der Waals surface area (Å²) >= 11 is 0. The van der Waals surface area contributed by atoms with Crippen LogP contribution in [-0.4, -0.2) is 75.5 Å². The van der Waals surface area contributed by atoms with Crippen LogP contribution in [-0.2, 0) is 14.8 Å². The number of ether oxygens (including phenoxy) is 1. The summed E-state index contributed by atoms with van der Waals surface area (Å²) in [6, 6.07) is 6.57. The highest BCUT2D eigenvalue weighted by Crippen LogP contribution is 2.19. The van der Waals surface area contributed by atoms with Gasteiger partial charge in [0.05, 0.1) is 18.1 Å². The molecule has 132 valence electrons. The molecule has 0 bridgehead atoms. The van der Waals surface area contributed by atoms with Crippen LogP contribution < -0.4 is 5.32 Å². The number of morpholine rings is 1. The Morgan fingerprint density at radius 3 is 2.71 bits per heavy atom. The second-order valence-electron chi connectivity index (χ2n) is 6.15. The third-order valence-electron chi connectivity index (χ3n) is 4.34. The van der Waals surface area contributed by atoms with Gasteiger partial charge >= 0.3 is 0 Å². The molecule has 0 spiro atoms. The zero-order chi connectivity index (χ0) is 17.2. The molecule has 8 heteroatoms. The maximum Gasteiger partial charge on any atom is 0.253 e. The Labute approximate surface area is 142 Å². The molecule has 7 nitrogen and oxygen atoms in total. The summed E-state index contributed by atoms with van der Waals surface area (Å²) < 4.78 is 32.1. The van der Waals surface area contributed by atoms with Gasteiger partial charge in [0.25, 0.3) is 5.91 Å². The van der Waals surface area contributed by atoms with Gasteiger partial charge in [-0.1, -0.05) is 6.07 Å². The highest BCUT2D eigenvalue weighted by atomic mass is 32.2. The number of carbonyl (C=O) groups is 1. The molecule has 1 aromatic carbocycles. The van der Waals surface area contributed by atoms with E-state index in [0.29, 0.717) is 45.0 Å². The van der Waals surface area contributed by atoms with Gasteiger partial charge in [-0.15, -0.1) is 0 Å². The van der Waals surface area contributed by atoms with Gasteiger partial charge < -0.3 is 15.0 Å². The van der Waals surface area contributed by atoms with E-state index in [-0.39, 0.29) is 16.8 Å². The molecule has 2 fully saturated rings. The van der Waals surface area contributed by atoms with Crippen LogP contribution in [0.4, 0.5) is 0 Å². The number of hydrogen-bond acceptors (Lipinski definition) is 5. The Kier molecular flexibility index (Phi) is 5.19. The van der Waals surface area contributed by atoms with E-state index in [1.54, 1.807) is 23.1 Å². The van der Waals surface area contributed by atoms with E-state index >= 15 is 0 Å². The zero-order valence-corrected chi connectivity index (χ0v) is 14.6. The van der Waals surface area contributed by atoms with Gasteiger partial charge in [0.15, 0.2) is 0 Å². The molecular weight excluding hydrogens is 330 g/mol. The fourth-order valence-electron chi connectivity index (χ4n) is 3.02. The smallest absolute Gasteiger partial charge is 0.253 e. The second kappa shape index (κ2) is 7.18. The molecule has 2 aliphatic rings. The van der Waals surface area contributed by atoms with E-state index in [9.17, 15) is 13.2 Å². The second-order valence-corrected chi connectivity index (χ2v) is 8.09. The van der Waals surface area contributed by atoms with Crippen molar-refractivity contribution in [1.29, 1.82) is 0 Å². The quantitative estimate of drug-likeness (QED) is 0.836. The van der Waals surface area contributed by atoms with Crippen molar-refractivity contribution in [2.45, 2.75) is 17.9 Å². The summed E-state index contributed by atoms with van der Waals surface area (Å²) in [6.45, 7) is 5.51. The van der Waals surface area contributed by atoms with E-state index in [1.165, 1.54) is 10.4 Å². The van der Waals surface area contributed by atoms with Crippen LogP contribution in [0.3, 0.4) is 0 Å². The van der Waals surface area contributed by atoms with E-state index in [2.05, 4.69) is 5.32 Å². The first-order chi connectivity index (χ1) is 11.5. The molecule has 1 amide bonds. The van der Waals surface area contributed by atoms with Gasteiger partial charge in [0.1, 0.15) is 0 Å². The molecular formula is C16H23N3O4S. The first-order valence-electron chi connectivity index (χ1n) is 8.19. The monoisotopic (exact) mass is 353 g/mol. The molecule has 2 heterocycles. The van der Waals surface area contributed by atoms with Gasteiger partial charge in [0.2, 0.25) is 10.0 Å². The maximum absolute atomic E-state index is 12.7. The first-order valence-corrected chi connectivity index (χ1v) is 9.63. The van der Waals surface area contributed by atoms with Crippen molar-refractivity contribution in [3.05, 3.63) is 29.8 Å². The average Bonchev–Trinajstić information content (AvgIpc) is 2.62. The van der Waals surface area contributed by atoms with Gasteiger partial charge in [-0.2, -0.15) is 4.31 Å². The highest BCUT2D eigenvalue weighted by Gasteiger charge is 2.28. The molecule has 3 rings (SSSR count). The van der Waals surface area contributed by atoms with Gasteiger partial charge in [-0.25, -0.2) is 8.42 Å². The predicted molar refractivity (Wildman–Crippen MR) is 89.4 cm³/mol. The molecule has 1 N–H and O–H groups in total. The van der Waals surface area contributed by atoms with Crippen LogP contribution in [0.25, 0.3) is 0 Å². The number of hydrogen-bond donors (Lipinski definition) is 1. The van der Waals surface area contributed by atoms with Crippen LogP contribution in [0.1, 0.15) is 17.3 Å². The molecule has 0 aliphatic carbocycles. The third kappa shape index (κ3) is 3.61. The van der Waals surface area contributed by atoms with E-state index in [1.807, 2.05) is 6.92 Å². The third-order valence-corrected chi connectivity index (χ3v) is 6.24. The summed E-state index contributed by atoms with van der Waals surface area (Å²) in [5, 5.41) is 3.29. The van der Waals surface area contributed by atoms with Crippen molar-refractivity contribution in [3.63, 3.8) is 0 Å². The molecule has 0 unspecified atom stereocenters. The lowest BCUT2D eigenvalue weighted by Gasteiger charge is -2.32. The summed E-state index contributed by atoms with van der Waals surface area (Å²) in [5.41, 5.74) is 0.415. The largest absolute Gasteiger partial charge is 0.379 e. The van der Waals surface area contributed by atoms with Crippen LogP contribution in [0.15, 0.2) is 29.2 Å². The van der Waals surface area contributed by atoms with Crippen LogP contribution in [0.2, 0.25) is 0 Å². The molecule has 2 saturated heterocycles. The number of amides is 1. The fraction of sp³-hybridized carbons (Fsp3) is 0.562. The lowest BCUT2D eigenvalue weighted by molar-refractivity contribution is 0.0708. The Hall–Kier alpha value is -1.48. The topological polar surface area (TPSA) is 79.0 Å². The van der Waals surface area contributed by atoms with E-state index < -0.39 is 10.0 Å². The van der Waals surface area contributed by atoms with Gasteiger partial charge in [-0.3, -0.25) is 4.79 Å². The van der Waals surface area contributed by atoms with Crippen molar-refractivity contribution < 1.29 is 17.9 Å².